The summed E-state index contributed by atoms with van der Waals surface area (Å²) in [5.41, 5.74) is 0.481. The Labute approximate surface area is 87.1 Å². The second-order valence-electron chi connectivity index (χ2n) is 2.95. The van der Waals surface area contributed by atoms with Crippen LogP contribution >= 0.6 is 0 Å². The number of hydrogen-bond acceptors (Lipinski definition) is 4. The topological polar surface area (TPSA) is 77.3 Å². The lowest BCUT2D eigenvalue weighted by atomic mass is 10.2. The summed E-state index contributed by atoms with van der Waals surface area (Å²) in [5.74, 6) is 0. The van der Waals surface area contributed by atoms with Gasteiger partial charge in [-0.2, -0.15) is 0 Å². The van der Waals surface area contributed by atoms with Crippen molar-refractivity contribution >= 4 is 15.9 Å². The number of benzene rings is 1. The van der Waals surface area contributed by atoms with Crippen LogP contribution in [0.3, 0.4) is 0 Å². The number of hydrogen-bond donors (Lipinski definition) is 0. The van der Waals surface area contributed by atoms with E-state index in [1.165, 1.54) is 24.3 Å². The van der Waals surface area contributed by atoms with E-state index in [9.17, 15) is 18.5 Å². The standard InChI is InChI=1S/C9H9NO4S/c1-15(13,14)9-4-2-3-8(7-9)5-6-10(11)12/h2-7H,1H3/b6-5+. The van der Waals surface area contributed by atoms with Gasteiger partial charge in [0.05, 0.1) is 9.82 Å². The highest BCUT2D eigenvalue weighted by Gasteiger charge is 2.06. The highest BCUT2D eigenvalue weighted by Crippen LogP contribution is 2.12. The van der Waals surface area contributed by atoms with Gasteiger partial charge in [0.1, 0.15) is 0 Å². The van der Waals surface area contributed by atoms with Gasteiger partial charge >= 0.3 is 0 Å². The molecule has 0 saturated carbocycles. The molecular weight excluding hydrogens is 218 g/mol. The first-order chi connectivity index (χ1) is 6.89. The van der Waals surface area contributed by atoms with Gasteiger partial charge in [-0.15, -0.1) is 0 Å². The van der Waals surface area contributed by atoms with Gasteiger partial charge in [0.25, 0.3) is 0 Å². The molecule has 0 heterocycles. The molecule has 1 aromatic rings. The zero-order valence-corrected chi connectivity index (χ0v) is 8.77. The third kappa shape index (κ3) is 3.51. The Bertz CT molecular complexity index is 505. The Balaban J connectivity index is 3.09. The molecule has 5 nitrogen and oxygen atoms in total. The van der Waals surface area contributed by atoms with Crippen molar-refractivity contribution in [1.82, 2.24) is 0 Å². The van der Waals surface area contributed by atoms with Gasteiger partial charge in [-0.1, -0.05) is 12.1 Å². The fourth-order valence-corrected chi connectivity index (χ4v) is 1.67. The molecule has 0 bridgehead atoms. The van der Waals surface area contributed by atoms with E-state index in [1.54, 1.807) is 6.07 Å². The average Bonchev–Trinajstić information content (AvgIpc) is 2.14. The molecule has 0 atom stereocenters. The minimum Gasteiger partial charge on any atom is -0.259 e. The van der Waals surface area contributed by atoms with E-state index in [1.807, 2.05) is 0 Å². The average molecular weight is 227 g/mol. The van der Waals surface area contributed by atoms with E-state index in [4.69, 9.17) is 0 Å². The molecule has 1 aromatic carbocycles. The molecule has 0 N–H and O–H groups in total. The lowest BCUT2D eigenvalue weighted by Crippen LogP contribution is -1.96. The molecule has 0 radical (unpaired) electrons. The highest BCUT2D eigenvalue weighted by molar-refractivity contribution is 7.90. The maximum Gasteiger partial charge on any atom is 0.235 e. The Hall–Kier alpha value is -1.69. The first-order valence-corrected chi connectivity index (χ1v) is 5.90. The summed E-state index contributed by atoms with van der Waals surface area (Å²) in [4.78, 5) is 9.60. The minimum atomic E-state index is -3.27. The molecule has 0 aliphatic heterocycles. The highest BCUT2D eigenvalue weighted by atomic mass is 32.2. The summed E-state index contributed by atoms with van der Waals surface area (Å²) in [6, 6.07) is 5.96. The molecule has 1 rings (SSSR count). The van der Waals surface area contributed by atoms with Crippen molar-refractivity contribution in [3.8, 4) is 0 Å². The Morgan fingerprint density at radius 2 is 2.07 bits per heavy atom. The summed E-state index contributed by atoms with van der Waals surface area (Å²) in [6.45, 7) is 0. The Morgan fingerprint density at radius 1 is 1.40 bits per heavy atom. The fourth-order valence-electron chi connectivity index (χ4n) is 0.996. The van der Waals surface area contributed by atoms with E-state index in [0.29, 0.717) is 5.56 Å². The van der Waals surface area contributed by atoms with Crippen LogP contribution in [0.15, 0.2) is 35.4 Å². The van der Waals surface area contributed by atoms with Crippen molar-refractivity contribution in [3.05, 3.63) is 46.1 Å². The third-order valence-corrected chi connectivity index (χ3v) is 2.79. The quantitative estimate of drug-likeness (QED) is 0.576. The van der Waals surface area contributed by atoms with Crippen molar-refractivity contribution in [1.29, 1.82) is 0 Å². The molecule has 0 saturated heterocycles. The van der Waals surface area contributed by atoms with E-state index >= 15 is 0 Å². The van der Waals surface area contributed by atoms with Gasteiger partial charge in [-0.3, -0.25) is 10.1 Å². The predicted octanol–water partition coefficient (Wildman–Crippen LogP) is 1.34. The molecule has 0 amide bonds. The van der Waals surface area contributed by atoms with Crippen LogP contribution in [0.2, 0.25) is 0 Å². The smallest absolute Gasteiger partial charge is 0.235 e. The fraction of sp³-hybridized carbons (Fsp3) is 0.111. The van der Waals surface area contributed by atoms with Gasteiger partial charge in [0, 0.05) is 12.3 Å². The van der Waals surface area contributed by atoms with E-state index in [2.05, 4.69) is 0 Å². The van der Waals surface area contributed by atoms with Gasteiger partial charge in [0.2, 0.25) is 6.20 Å². The maximum absolute atomic E-state index is 11.2. The molecule has 15 heavy (non-hydrogen) atoms. The van der Waals surface area contributed by atoms with Crippen LogP contribution in [0.1, 0.15) is 5.56 Å². The van der Waals surface area contributed by atoms with E-state index in [0.717, 1.165) is 12.5 Å². The first kappa shape index (κ1) is 11.4. The van der Waals surface area contributed by atoms with Crippen LogP contribution in [0.5, 0.6) is 0 Å². The second-order valence-corrected chi connectivity index (χ2v) is 4.96. The predicted molar refractivity (Wildman–Crippen MR) is 55.6 cm³/mol. The van der Waals surface area contributed by atoms with Crippen LogP contribution in [-0.2, 0) is 9.84 Å². The van der Waals surface area contributed by atoms with Crippen molar-refractivity contribution < 1.29 is 13.3 Å². The maximum atomic E-state index is 11.2. The summed E-state index contributed by atoms with van der Waals surface area (Å²) < 4.78 is 22.3. The lowest BCUT2D eigenvalue weighted by Gasteiger charge is -1.98. The molecule has 0 unspecified atom stereocenters. The van der Waals surface area contributed by atoms with Crippen molar-refractivity contribution in [2.45, 2.75) is 4.90 Å². The van der Waals surface area contributed by atoms with Crippen LogP contribution in [-0.4, -0.2) is 19.6 Å². The van der Waals surface area contributed by atoms with Crippen LogP contribution in [0, 0.1) is 10.1 Å². The summed E-state index contributed by atoms with van der Waals surface area (Å²) in [7, 11) is -3.27. The molecule has 80 valence electrons. The second kappa shape index (κ2) is 4.22. The number of sulfone groups is 1. The summed E-state index contributed by atoms with van der Waals surface area (Å²) in [5, 5.41) is 10.1. The first-order valence-electron chi connectivity index (χ1n) is 4.01. The molecular formula is C9H9NO4S. The zero-order valence-electron chi connectivity index (χ0n) is 7.95. The van der Waals surface area contributed by atoms with Gasteiger partial charge in [0.15, 0.2) is 9.84 Å². The van der Waals surface area contributed by atoms with Crippen LogP contribution < -0.4 is 0 Å². The van der Waals surface area contributed by atoms with Gasteiger partial charge < -0.3 is 0 Å². The zero-order chi connectivity index (χ0) is 11.5. The van der Waals surface area contributed by atoms with Gasteiger partial charge in [-0.25, -0.2) is 8.42 Å². The molecule has 0 aliphatic carbocycles. The lowest BCUT2D eigenvalue weighted by molar-refractivity contribution is -0.400. The molecule has 0 aromatic heterocycles. The SMILES string of the molecule is CS(=O)(=O)c1cccc(/C=C/[N+](=O)[O-])c1. The molecule has 6 heteroatoms. The molecule has 0 aliphatic rings. The monoisotopic (exact) mass is 227 g/mol. The Kier molecular flexibility index (Phi) is 3.21. The largest absolute Gasteiger partial charge is 0.259 e. The van der Waals surface area contributed by atoms with E-state index < -0.39 is 14.8 Å². The molecule has 0 fully saturated rings. The number of nitro groups is 1. The van der Waals surface area contributed by atoms with Crippen LogP contribution in [0.4, 0.5) is 0 Å². The van der Waals surface area contributed by atoms with Crippen molar-refractivity contribution in [2.24, 2.45) is 0 Å². The van der Waals surface area contributed by atoms with E-state index in [-0.39, 0.29) is 4.90 Å². The minimum absolute atomic E-state index is 0.146. The summed E-state index contributed by atoms with van der Waals surface area (Å²) in [6.07, 6.45) is 3.10. The van der Waals surface area contributed by atoms with Gasteiger partial charge in [-0.05, 0) is 17.7 Å². The normalized spacial score (nSPS) is 11.8. The number of nitrogens with zero attached hydrogens (tertiary/aromatic N) is 1. The van der Waals surface area contributed by atoms with Crippen molar-refractivity contribution in [3.63, 3.8) is 0 Å². The third-order valence-electron chi connectivity index (χ3n) is 1.67. The molecule has 0 spiro atoms. The van der Waals surface area contributed by atoms with Crippen LogP contribution in [0.25, 0.3) is 6.08 Å². The number of rotatable bonds is 3. The summed E-state index contributed by atoms with van der Waals surface area (Å²) >= 11 is 0. The van der Waals surface area contributed by atoms with Crippen molar-refractivity contribution in [2.75, 3.05) is 6.26 Å². The Morgan fingerprint density at radius 3 is 2.60 bits per heavy atom.